The molecule has 2 amide bonds. The summed E-state index contributed by atoms with van der Waals surface area (Å²) in [6.45, 7) is 1.22. The van der Waals surface area contributed by atoms with Gasteiger partial charge in [0.05, 0.1) is 5.56 Å². The average Bonchev–Trinajstić information content (AvgIpc) is 3.01. The minimum atomic E-state index is -4.44. The molecule has 1 aliphatic rings. The quantitative estimate of drug-likeness (QED) is 0.216. The van der Waals surface area contributed by atoms with Crippen molar-refractivity contribution >= 4 is 17.9 Å². The lowest BCUT2D eigenvalue weighted by atomic mass is 9.97. The number of hydrogen-bond acceptors (Lipinski definition) is 2. The third-order valence-corrected chi connectivity index (χ3v) is 7.51. The molecule has 4 aromatic rings. The Morgan fingerprint density at radius 1 is 0.786 bits per heavy atom. The highest BCUT2D eigenvalue weighted by molar-refractivity contribution is 5.95. The molecule has 0 N–H and O–H groups in total. The van der Waals surface area contributed by atoms with Crippen molar-refractivity contribution < 1.29 is 22.8 Å². The minimum absolute atomic E-state index is 0.138. The van der Waals surface area contributed by atoms with Crippen molar-refractivity contribution in [1.29, 1.82) is 0 Å². The molecule has 0 radical (unpaired) electrons. The number of benzene rings is 4. The summed E-state index contributed by atoms with van der Waals surface area (Å²) in [5.74, 6) is -0.536. The first-order chi connectivity index (χ1) is 20.3. The maximum atomic E-state index is 14.3. The van der Waals surface area contributed by atoms with Crippen LogP contribution in [0.1, 0.15) is 33.4 Å². The number of carbonyl (C=O) groups excluding carboxylic acids is 2. The number of nitrogens with zero attached hydrogens (tertiary/aromatic N) is 2. The van der Waals surface area contributed by atoms with Crippen molar-refractivity contribution in [3.05, 3.63) is 149 Å². The van der Waals surface area contributed by atoms with E-state index in [0.29, 0.717) is 25.1 Å². The van der Waals surface area contributed by atoms with E-state index in [9.17, 15) is 22.8 Å². The molecule has 0 aromatic heterocycles. The van der Waals surface area contributed by atoms with Crippen LogP contribution >= 0.6 is 0 Å². The Balaban J connectivity index is 1.47. The molecular weight excluding hydrogens is 537 g/mol. The second-order valence-corrected chi connectivity index (χ2v) is 10.4. The zero-order valence-corrected chi connectivity index (χ0v) is 23.0. The Morgan fingerprint density at radius 2 is 1.38 bits per heavy atom. The van der Waals surface area contributed by atoms with Crippen LogP contribution in [0.4, 0.5) is 13.2 Å². The van der Waals surface area contributed by atoms with Crippen molar-refractivity contribution in [2.24, 2.45) is 0 Å². The molecule has 5 rings (SSSR count). The zero-order valence-electron chi connectivity index (χ0n) is 23.0. The number of amides is 2. The molecule has 1 unspecified atom stereocenters. The third kappa shape index (κ3) is 7.16. The van der Waals surface area contributed by atoms with Gasteiger partial charge in [0.2, 0.25) is 11.8 Å². The van der Waals surface area contributed by atoms with Crippen molar-refractivity contribution in [1.82, 2.24) is 9.80 Å². The molecule has 4 aromatic carbocycles. The number of fused-ring (bicyclic) bond motifs is 1. The highest BCUT2D eigenvalue weighted by Gasteiger charge is 2.34. The summed E-state index contributed by atoms with van der Waals surface area (Å²) in [6.07, 6.45) is -0.556. The largest absolute Gasteiger partial charge is 0.416 e. The van der Waals surface area contributed by atoms with Gasteiger partial charge in [-0.3, -0.25) is 9.59 Å². The fourth-order valence-corrected chi connectivity index (χ4v) is 5.23. The van der Waals surface area contributed by atoms with E-state index in [1.54, 1.807) is 4.90 Å². The molecule has 0 spiro atoms. The summed E-state index contributed by atoms with van der Waals surface area (Å²) in [7, 11) is 0. The lowest BCUT2D eigenvalue weighted by Gasteiger charge is -2.36. The average molecular weight is 569 g/mol. The van der Waals surface area contributed by atoms with Crippen LogP contribution in [0.5, 0.6) is 0 Å². The summed E-state index contributed by atoms with van der Waals surface area (Å²) in [5.41, 5.74) is 3.80. The first-order valence-electron chi connectivity index (χ1n) is 13.9. The van der Waals surface area contributed by atoms with Gasteiger partial charge in [-0.15, -0.1) is 0 Å². The molecule has 214 valence electrons. The van der Waals surface area contributed by atoms with E-state index >= 15 is 0 Å². The van der Waals surface area contributed by atoms with Crippen LogP contribution in [-0.2, 0) is 41.7 Å². The highest BCUT2D eigenvalue weighted by Crippen LogP contribution is 2.29. The monoisotopic (exact) mass is 568 g/mol. The number of hydrogen-bond donors (Lipinski definition) is 0. The molecule has 0 fully saturated rings. The normalized spacial score (nSPS) is 13.9. The summed E-state index contributed by atoms with van der Waals surface area (Å²) in [6, 6.07) is 31.0. The van der Waals surface area contributed by atoms with Gasteiger partial charge in [0, 0.05) is 32.1 Å². The van der Waals surface area contributed by atoms with Crippen LogP contribution in [0.25, 0.3) is 6.08 Å². The van der Waals surface area contributed by atoms with Crippen molar-refractivity contribution in [2.45, 2.75) is 38.1 Å². The molecule has 1 aliphatic heterocycles. The van der Waals surface area contributed by atoms with Gasteiger partial charge in [-0.1, -0.05) is 97.1 Å². The van der Waals surface area contributed by atoms with E-state index in [4.69, 9.17) is 0 Å². The highest BCUT2D eigenvalue weighted by atomic mass is 19.4. The summed E-state index contributed by atoms with van der Waals surface area (Å²) in [4.78, 5) is 31.5. The van der Waals surface area contributed by atoms with Gasteiger partial charge in [-0.25, -0.2) is 0 Å². The van der Waals surface area contributed by atoms with Crippen LogP contribution in [0.15, 0.2) is 115 Å². The molecule has 0 saturated carbocycles. The van der Waals surface area contributed by atoms with Crippen molar-refractivity contribution in [3.63, 3.8) is 0 Å². The third-order valence-electron chi connectivity index (χ3n) is 7.51. The fraction of sp³-hybridized carbons (Fsp3) is 0.200. The Morgan fingerprint density at radius 3 is 2.02 bits per heavy atom. The van der Waals surface area contributed by atoms with Crippen LogP contribution in [0, 0.1) is 0 Å². The Kier molecular flexibility index (Phi) is 8.86. The van der Waals surface area contributed by atoms with Crippen molar-refractivity contribution in [2.75, 3.05) is 6.54 Å². The molecule has 1 heterocycles. The molecule has 1 atom stereocenters. The molecular formula is C35H31F3N2O2. The van der Waals surface area contributed by atoms with Crippen LogP contribution in [0.3, 0.4) is 0 Å². The first-order valence-corrected chi connectivity index (χ1v) is 13.9. The number of alkyl halides is 3. The van der Waals surface area contributed by atoms with Gasteiger partial charge >= 0.3 is 6.18 Å². The van der Waals surface area contributed by atoms with Crippen LogP contribution in [-0.4, -0.2) is 34.2 Å². The SMILES string of the molecule is O=C(C(Cc1ccccc1)N(Cc1ccccc1)C(=O)C=Cc1ccc(C(F)(F)F)cc1)N1CCc2ccccc2C1. The lowest BCUT2D eigenvalue weighted by molar-refractivity contribution is -0.144. The van der Waals surface area contributed by atoms with E-state index in [-0.39, 0.29) is 12.5 Å². The molecule has 4 nitrogen and oxygen atoms in total. The van der Waals surface area contributed by atoms with Gasteiger partial charge in [-0.2, -0.15) is 13.2 Å². The van der Waals surface area contributed by atoms with Gasteiger partial charge in [0.25, 0.3) is 0 Å². The Bertz CT molecular complexity index is 1530. The number of carbonyl (C=O) groups is 2. The van der Waals surface area contributed by atoms with Crippen molar-refractivity contribution in [3.8, 4) is 0 Å². The van der Waals surface area contributed by atoms with Crippen LogP contribution in [0.2, 0.25) is 0 Å². The van der Waals surface area contributed by atoms with Gasteiger partial charge in [-0.05, 0) is 52.4 Å². The second-order valence-electron chi connectivity index (χ2n) is 10.4. The first kappa shape index (κ1) is 28.9. The van der Waals surface area contributed by atoms with Gasteiger partial charge in [0.1, 0.15) is 6.04 Å². The van der Waals surface area contributed by atoms with Crippen LogP contribution < -0.4 is 0 Å². The maximum absolute atomic E-state index is 14.3. The minimum Gasteiger partial charge on any atom is -0.336 e. The molecule has 0 bridgehead atoms. The van der Waals surface area contributed by atoms with E-state index in [2.05, 4.69) is 6.07 Å². The van der Waals surface area contributed by atoms with E-state index in [1.807, 2.05) is 83.8 Å². The van der Waals surface area contributed by atoms with E-state index in [0.717, 1.165) is 35.2 Å². The molecule has 42 heavy (non-hydrogen) atoms. The molecule has 0 saturated heterocycles. The maximum Gasteiger partial charge on any atom is 0.416 e. The Labute approximate surface area is 243 Å². The summed E-state index contributed by atoms with van der Waals surface area (Å²) in [5, 5.41) is 0. The standard InChI is InChI=1S/C35H31F3N2O2/c36-35(37,38)31-18-15-26(16-19-31)17-20-33(41)40(24-28-11-5-2-6-12-28)32(23-27-9-3-1-4-10-27)34(42)39-22-21-29-13-7-8-14-30(29)25-39/h1-20,32H,21-25H2. The fourth-order valence-electron chi connectivity index (χ4n) is 5.23. The topological polar surface area (TPSA) is 40.6 Å². The predicted molar refractivity (Wildman–Crippen MR) is 157 cm³/mol. The lowest BCUT2D eigenvalue weighted by Crippen LogP contribution is -2.52. The van der Waals surface area contributed by atoms with E-state index in [1.165, 1.54) is 29.8 Å². The summed E-state index contributed by atoms with van der Waals surface area (Å²) < 4.78 is 39.0. The predicted octanol–water partition coefficient (Wildman–Crippen LogP) is 6.94. The smallest absolute Gasteiger partial charge is 0.336 e. The molecule has 7 heteroatoms. The Hall–Kier alpha value is -4.65. The van der Waals surface area contributed by atoms with Gasteiger partial charge < -0.3 is 9.80 Å². The number of halogens is 3. The second kappa shape index (κ2) is 12.9. The summed E-state index contributed by atoms with van der Waals surface area (Å²) >= 11 is 0. The van der Waals surface area contributed by atoms with Gasteiger partial charge in [0.15, 0.2) is 0 Å². The van der Waals surface area contributed by atoms with E-state index < -0.39 is 23.7 Å². The zero-order chi connectivity index (χ0) is 29.5. The molecule has 0 aliphatic carbocycles. The number of rotatable bonds is 8.